The summed E-state index contributed by atoms with van der Waals surface area (Å²) in [7, 11) is 3.62. The molecule has 3 amide bonds. The Labute approximate surface area is 112 Å². The standard InChI is InChI=1S/C10H19N3O2S2/c1-6(2)11-9(15)12-8(14)7(3)17-10(16)13(4)5/h6-7H,1-5H3,(H2,11,12,14,15)/t7-/m1/s1. The van der Waals surface area contributed by atoms with Crippen molar-refractivity contribution in [2.45, 2.75) is 32.1 Å². The molecule has 0 aromatic rings. The van der Waals surface area contributed by atoms with Crippen molar-refractivity contribution >= 4 is 40.2 Å². The molecule has 0 fully saturated rings. The Morgan fingerprint density at radius 3 is 2.18 bits per heavy atom. The number of hydrogen-bond acceptors (Lipinski definition) is 4. The van der Waals surface area contributed by atoms with E-state index in [1.807, 2.05) is 27.9 Å². The quantitative estimate of drug-likeness (QED) is 0.759. The summed E-state index contributed by atoms with van der Waals surface area (Å²) in [5.74, 6) is -0.350. The van der Waals surface area contributed by atoms with Gasteiger partial charge in [0, 0.05) is 20.1 Å². The van der Waals surface area contributed by atoms with E-state index in [0.717, 1.165) is 0 Å². The number of thiocarbonyl (C=S) groups is 1. The summed E-state index contributed by atoms with van der Waals surface area (Å²) >= 11 is 6.31. The van der Waals surface area contributed by atoms with Crippen LogP contribution < -0.4 is 10.6 Å². The summed E-state index contributed by atoms with van der Waals surface area (Å²) in [5, 5.41) is 4.45. The smallest absolute Gasteiger partial charge is 0.321 e. The van der Waals surface area contributed by atoms with Crippen molar-refractivity contribution in [1.29, 1.82) is 0 Å². The van der Waals surface area contributed by atoms with Gasteiger partial charge < -0.3 is 10.2 Å². The fraction of sp³-hybridized carbons (Fsp3) is 0.700. The first-order valence-corrected chi connectivity index (χ1v) is 6.52. The van der Waals surface area contributed by atoms with E-state index in [4.69, 9.17) is 12.2 Å². The van der Waals surface area contributed by atoms with E-state index >= 15 is 0 Å². The highest BCUT2D eigenvalue weighted by molar-refractivity contribution is 8.23. The van der Waals surface area contributed by atoms with Crippen LogP contribution in [0.1, 0.15) is 20.8 Å². The Bertz CT molecular complexity index is 306. The van der Waals surface area contributed by atoms with E-state index in [1.54, 1.807) is 11.8 Å². The molecule has 0 radical (unpaired) electrons. The van der Waals surface area contributed by atoms with Gasteiger partial charge in [-0.1, -0.05) is 24.0 Å². The maximum atomic E-state index is 11.6. The molecular formula is C10H19N3O2S2. The lowest BCUT2D eigenvalue weighted by Crippen LogP contribution is -2.45. The zero-order valence-electron chi connectivity index (χ0n) is 10.7. The molecule has 0 spiro atoms. The Kier molecular flexibility index (Phi) is 7.13. The molecule has 5 nitrogen and oxygen atoms in total. The first-order chi connectivity index (χ1) is 7.73. The molecule has 0 saturated heterocycles. The minimum absolute atomic E-state index is 0.00592. The van der Waals surface area contributed by atoms with Gasteiger partial charge >= 0.3 is 6.03 Å². The summed E-state index contributed by atoms with van der Waals surface area (Å²) in [6, 6.07) is -0.484. The van der Waals surface area contributed by atoms with Gasteiger partial charge in [0.05, 0.1) is 5.25 Å². The second kappa shape index (κ2) is 7.50. The first kappa shape index (κ1) is 16.2. The van der Waals surface area contributed by atoms with E-state index in [0.29, 0.717) is 4.32 Å². The van der Waals surface area contributed by atoms with Crippen LogP contribution in [-0.2, 0) is 4.79 Å². The molecule has 2 N–H and O–H groups in total. The average Bonchev–Trinajstić information content (AvgIpc) is 2.15. The number of rotatable bonds is 3. The third kappa shape index (κ3) is 7.17. The zero-order chi connectivity index (χ0) is 13.6. The van der Waals surface area contributed by atoms with Gasteiger partial charge in [0.15, 0.2) is 0 Å². The third-order valence-electron chi connectivity index (χ3n) is 1.67. The van der Waals surface area contributed by atoms with Crippen molar-refractivity contribution in [3.63, 3.8) is 0 Å². The SMILES string of the molecule is CC(C)NC(=O)NC(=O)[C@@H](C)SC(=S)N(C)C. The van der Waals surface area contributed by atoms with Crippen LogP contribution in [0.15, 0.2) is 0 Å². The second-order valence-corrected chi connectivity index (χ2v) is 6.01. The number of amides is 3. The molecule has 0 bridgehead atoms. The minimum atomic E-state index is -0.478. The maximum Gasteiger partial charge on any atom is 0.321 e. The molecule has 0 aromatic carbocycles. The van der Waals surface area contributed by atoms with E-state index in [-0.39, 0.29) is 11.9 Å². The normalized spacial score (nSPS) is 11.9. The summed E-state index contributed by atoms with van der Waals surface area (Å²) in [5.41, 5.74) is 0. The van der Waals surface area contributed by atoms with Crippen molar-refractivity contribution in [2.24, 2.45) is 0 Å². The van der Waals surface area contributed by atoms with Crippen LogP contribution in [0.4, 0.5) is 4.79 Å². The lowest BCUT2D eigenvalue weighted by Gasteiger charge is -2.17. The van der Waals surface area contributed by atoms with Gasteiger partial charge in [-0.25, -0.2) is 4.79 Å². The minimum Gasteiger partial charge on any atom is -0.364 e. The number of urea groups is 1. The summed E-state index contributed by atoms with van der Waals surface area (Å²) in [4.78, 5) is 24.7. The first-order valence-electron chi connectivity index (χ1n) is 5.23. The molecule has 1 atom stereocenters. The highest BCUT2D eigenvalue weighted by Gasteiger charge is 2.18. The number of imide groups is 1. The van der Waals surface area contributed by atoms with Crippen molar-refractivity contribution in [2.75, 3.05) is 14.1 Å². The van der Waals surface area contributed by atoms with Gasteiger partial charge in [-0.15, -0.1) is 0 Å². The van der Waals surface area contributed by atoms with Crippen LogP contribution in [-0.4, -0.2) is 46.5 Å². The molecule has 98 valence electrons. The Balaban J connectivity index is 4.14. The molecule has 0 saturated carbocycles. The van der Waals surface area contributed by atoms with Gasteiger partial charge in [-0.05, 0) is 20.8 Å². The van der Waals surface area contributed by atoms with Crippen molar-refractivity contribution < 1.29 is 9.59 Å². The van der Waals surface area contributed by atoms with E-state index in [1.165, 1.54) is 11.8 Å². The number of carbonyl (C=O) groups excluding carboxylic acids is 2. The summed E-state index contributed by atoms with van der Waals surface area (Å²) < 4.78 is 0.608. The molecule has 0 aliphatic carbocycles. The molecule has 0 rings (SSSR count). The molecule has 0 aromatic heterocycles. The van der Waals surface area contributed by atoms with Crippen molar-refractivity contribution in [1.82, 2.24) is 15.5 Å². The molecule has 0 heterocycles. The van der Waals surface area contributed by atoms with Gasteiger partial charge in [-0.2, -0.15) is 0 Å². The summed E-state index contributed by atoms with van der Waals surface area (Å²) in [6.45, 7) is 5.35. The number of nitrogens with one attached hydrogen (secondary N) is 2. The van der Waals surface area contributed by atoms with Crippen LogP contribution in [0.3, 0.4) is 0 Å². The predicted molar refractivity (Wildman–Crippen MR) is 75.1 cm³/mol. The lowest BCUT2D eigenvalue weighted by atomic mass is 10.4. The molecule has 0 aliphatic heterocycles. The lowest BCUT2D eigenvalue weighted by molar-refractivity contribution is -0.119. The zero-order valence-corrected chi connectivity index (χ0v) is 12.4. The predicted octanol–water partition coefficient (Wildman–Crippen LogP) is 1.19. The highest BCUT2D eigenvalue weighted by Crippen LogP contribution is 2.14. The van der Waals surface area contributed by atoms with E-state index in [9.17, 15) is 9.59 Å². The fourth-order valence-corrected chi connectivity index (χ4v) is 1.93. The number of nitrogens with zero attached hydrogens (tertiary/aromatic N) is 1. The number of thioether (sulfide) groups is 1. The van der Waals surface area contributed by atoms with Gasteiger partial charge in [0.2, 0.25) is 5.91 Å². The van der Waals surface area contributed by atoms with Gasteiger partial charge in [-0.3, -0.25) is 10.1 Å². The number of hydrogen-bond donors (Lipinski definition) is 2. The molecule has 17 heavy (non-hydrogen) atoms. The van der Waals surface area contributed by atoms with Crippen LogP contribution in [0.25, 0.3) is 0 Å². The van der Waals surface area contributed by atoms with E-state index < -0.39 is 11.3 Å². The summed E-state index contributed by atoms with van der Waals surface area (Å²) in [6.07, 6.45) is 0. The van der Waals surface area contributed by atoms with Crippen molar-refractivity contribution in [3.05, 3.63) is 0 Å². The van der Waals surface area contributed by atoms with Gasteiger partial charge in [0.1, 0.15) is 4.32 Å². The topological polar surface area (TPSA) is 61.4 Å². The van der Waals surface area contributed by atoms with Crippen LogP contribution in [0.5, 0.6) is 0 Å². The third-order valence-corrected chi connectivity index (χ3v) is 3.46. The average molecular weight is 277 g/mol. The monoisotopic (exact) mass is 277 g/mol. The van der Waals surface area contributed by atoms with Crippen LogP contribution in [0, 0.1) is 0 Å². The Morgan fingerprint density at radius 1 is 1.24 bits per heavy atom. The Hall–Kier alpha value is -0.820. The van der Waals surface area contributed by atoms with E-state index in [2.05, 4.69) is 10.6 Å². The number of carbonyl (C=O) groups is 2. The Morgan fingerprint density at radius 2 is 1.76 bits per heavy atom. The van der Waals surface area contributed by atoms with Crippen molar-refractivity contribution in [3.8, 4) is 0 Å². The maximum absolute atomic E-state index is 11.6. The largest absolute Gasteiger partial charge is 0.364 e. The molecule has 7 heteroatoms. The highest BCUT2D eigenvalue weighted by atomic mass is 32.2. The second-order valence-electron chi connectivity index (χ2n) is 4.04. The molecule has 0 aliphatic rings. The molecule has 0 unspecified atom stereocenters. The molecular weight excluding hydrogens is 258 g/mol. The van der Waals surface area contributed by atoms with Crippen LogP contribution >= 0.6 is 24.0 Å². The fourth-order valence-electron chi connectivity index (χ4n) is 0.822. The van der Waals surface area contributed by atoms with Crippen LogP contribution in [0.2, 0.25) is 0 Å². The van der Waals surface area contributed by atoms with Gasteiger partial charge in [0.25, 0.3) is 0 Å².